The van der Waals surface area contributed by atoms with Crippen LogP contribution in [0.25, 0.3) is 6.08 Å². The molecule has 0 saturated heterocycles. The van der Waals surface area contributed by atoms with Crippen LogP contribution in [0.15, 0.2) is 40.8 Å². The van der Waals surface area contributed by atoms with Crippen molar-refractivity contribution in [1.82, 2.24) is 0 Å². The molecular formula is C12H8N2S. The standard InChI is InChI=1S/C12H8N2S/c13-7-10-6-9-5-8-3-1-2-4-11(8)14-12(9)15-10/h1-6,12,14H. The number of allylic oxidation sites excluding steroid dienone is 1. The van der Waals surface area contributed by atoms with Gasteiger partial charge in [0.25, 0.3) is 0 Å². The maximum Gasteiger partial charge on any atom is 0.106 e. The first-order valence-electron chi connectivity index (χ1n) is 4.72. The zero-order chi connectivity index (χ0) is 10.3. The number of nitrogens with zero attached hydrogens (tertiary/aromatic N) is 1. The fourth-order valence-corrected chi connectivity index (χ4v) is 2.79. The summed E-state index contributed by atoms with van der Waals surface area (Å²) in [5.41, 5.74) is 3.53. The molecule has 1 N–H and O–H groups in total. The molecule has 2 heterocycles. The number of rotatable bonds is 0. The number of nitrogens with one attached hydrogen (secondary N) is 1. The van der Waals surface area contributed by atoms with Crippen LogP contribution >= 0.6 is 11.8 Å². The highest BCUT2D eigenvalue weighted by atomic mass is 32.2. The Kier molecular flexibility index (Phi) is 1.83. The first-order chi connectivity index (χ1) is 7.36. The molecule has 15 heavy (non-hydrogen) atoms. The van der Waals surface area contributed by atoms with Gasteiger partial charge in [-0.05, 0) is 29.4 Å². The molecule has 0 amide bonds. The van der Waals surface area contributed by atoms with E-state index in [4.69, 9.17) is 5.26 Å². The number of hydrogen-bond donors (Lipinski definition) is 1. The van der Waals surface area contributed by atoms with Gasteiger partial charge in [0, 0.05) is 5.69 Å². The second kappa shape index (κ2) is 3.18. The Hall–Kier alpha value is -1.66. The third-order valence-corrected chi connectivity index (χ3v) is 3.61. The minimum Gasteiger partial charge on any atom is -0.369 e. The lowest BCUT2D eigenvalue weighted by Gasteiger charge is -2.22. The van der Waals surface area contributed by atoms with Crippen molar-refractivity contribution in [3.8, 4) is 6.07 Å². The number of anilines is 1. The summed E-state index contributed by atoms with van der Waals surface area (Å²) in [7, 11) is 0. The van der Waals surface area contributed by atoms with E-state index in [0.717, 1.165) is 10.6 Å². The number of nitriles is 1. The van der Waals surface area contributed by atoms with Gasteiger partial charge in [-0.25, -0.2) is 0 Å². The molecule has 72 valence electrons. The molecular weight excluding hydrogens is 204 g/mol. The van der Waals surface area contributed by atoms with Gasteiger partial charge in [-0.1, -0.05) is 30.0 Å². The van der Waals surface area contributed by atoms with Crippen molar-refractivity contribution in [2.45, 2.75) is 5.37 Å². The first-order valence-corrected chi connectivity index (χ1v) is 5.60. The number of para-hydroxylation sites is 1. The molecule has 3 rings (SSSR count). The van der Waals surface area contributed by atoms with Crippen LogP contribution in [0, 0.1) is 11.3 Å². The molecule has 1 aromatic rings. The van der Waals surface area contributed by atoms with E-state index in [2.05, 4.69) is 29.6 Å². The van der Waals surface area contributed by atoms with Gasteiger partial charge in [-0.2, -0.15) is 5.26 Å². The van der Waals surface area contributed by atoms with E-state index in [-0.39, 0.29) is 5.37 Å². The Morgan fingerprint density at radius 2 is 2.13 bits per heavy atom. The molecule has 0 aliphatic carbocycles. The predicted octanol–water partition coefficient (Wildman–Crippen LogP) is 2.98. The highest BCUT2D eigenvalue weighted by molar-refractivity contribution is 8.04. The summed E-state index contributed by atoms with van der Waals surface area (Å²) in [4.78, 5) is 0.784. The topological polar surface area (TPSA) is 35.8 Å². The van der Waals surface area contributed by atoms with Crippen molar-refractivity contribution in [2.24, 2.45) is 0 Å². The van der Waals surface area contributed by atoms with E-state index in [0.29, 0.717) is 0 Å². The Balaban J connectivity index is 2.07. The molecule has 1 unspecified atom stereocenters. The maximum atomic E-state index is 8.84. The number of thioether (sulfide) groups is 1. The van der Waals surface area contributed by atoms with Gasteiger partial charge in [-0.3, -0.25) is 0 Å². The van der Waals surface area contributed by atoms with Gasteiger partial charge in [-0.15, -0.1) is 0 Å². The summed E-state index contributed by atoms with van der Waals surface area (Å²) in [6, 6.07) is 10.4. The van der Waals surface area contributed by atoms with E-state index < -0.39 is 0 Å². The molecule has 2 nitrogen and oxygen atoms in total. The largest absolute Gasteiger partial charge is 0.369 e. The van der Waals surface area contributed by atoms with Crippen molar-refractivity contribution in [3.05, 3.63) is 46.4 Å². The third-order valence-electron chi connectivity index (χ3n) is 2.53. The van der Waals surface area contributed by atoms with Gasteiger partial charge in [0.15, 0.2) is 0 Å². The average molecular weight is 212 g/mol. The Morgan fingerprint density at radius 1 is 1.27 bits per heavy atom. The Labute approximate surface area is 92.3 Å². The maximum absolute atomic E-state index is 8.84. The van der Waals surface area contributed by atoms with Crippen molar-refractivity contribution in [2.75, 3.05) is 5.32 Å². The second-order valence-electron chi connectivity index (χ2n) is 3.49. The summed E-state index contributed by atoms with van der Waals surface area (Å²) < 4.78 is 0. The molecule has 2 aliphatic rings. The van der Waals surface area contributed by atoms with Crippen LogP contribution in [0.2, 0.25) is 0 Å². The van der Waals surface area contributed by atoms with E-state index in [9.17, 15) is 0 Å². The summed E-state index contributed by atoms with van der Waals surface area (Å²) in [6.45, 7) is 0. The molecule has 0 aromatic heterocycles. The number of fused-ring (bicyclic) bond motifs is 2. The van der Waals surface area contributed by atoms with Crippen LogP contribution in [0.3, 0.4) is 0 Å². The SMILES string of the molecule is N#CC1=CC2=Cc3ccccc3NC2S1. The molecule has 1 aromatic carbocycles. The number of benzene rings is 1. The summed E-state index contributed by atoms with van der Waals surface area (Å²) in [5, 5.41) is 12.5. The van der Waals surface area contributed by atoms with Gasteiger partial charge in [0.2, 0.25) is 0 Å². The highest BCUT2D eigenvalue weighted by Gasteiger charge is 2.26. The molecule has 3 heteroatoms. The number of hydrogen-bond acceptors (Lipinski definition) is 3. The molecule has 0 saturated carbocycles. The van der Waals surface area contributed by atoms with Crippen molar-refractivity contribution in [3.63, 3.8) is 0 Å². The van der Waals surface area contributed by atoms with Gasteiger partial charge in [0.1, 0.15) is 11.4 Å². The summed E-state index contributed by atoms with van der Waals surface area (Å²) >= 11 is 1.58. The van der Waals surface area contributed by atoms with E-state index >= 15 is 0 Å². The van der Waals surface area contributed by atoms with E-state index in [1.165, 1.54) is 11.1 Å². The van der Waals surface area contributed by atoms with E-state index in [1.807, 2.05) is 18.2 Å². The monoisotopic (exact) mass is 212 g/mol. The Morgan fingerprint density at radius 3 is 3.00 bits per heavy atom. The van der Waals surface area contributed by atoms with Crippen molar-refractivity contribution >= 4 is 23.5 Å². The molecule has 2 aliphatic heterocycles. The van der Waals surface area contributed by atoms with Crippen LogP contribution in [0.1, 0.15) is 5.56 Å². The van der Waals surface area contributed by atoms with Crippen LogP contribution < -0.4 is 5.32 Å². The van der Waals surface area contributed by atoms with Crippen LogP contribution in [0.5, 0.6) is 0 Å². The normalized spacial score (nSPS) is 21.7. The lowest BCUT2D eigenvalue weighted by Crippen LogP contribution is -2.18. The van der Waals surface area contributed by atoms with Crippen molar-refractivity contribution in [1.29, 1.82) is 5.26 Å². The van der Waals surface area contributed by atoms with Crippen LogP contribution in [-0.2, 0) is 0 Å². The molecule has 0 spiro atoms. The molecule has 0 radical (unpaired) electrons. The summed E-state index contributed by atoms with van der Waals surface area (Å²) in [6.07, 6.45) is 4.10. The van der Waals surface area contributed by atoms with Gasteiger partial charge in [0.05, 0.1) is 4.91 Å². The predicted molar refractivity (Wildman–Crippen MR) is 63.1 cm³/mol. The Bertz CT molecular complexity index is 523. The van der Waals surface area contributed by atoms with Crippen LogP contribution in [0.4, 0.5) is 5.69 Å². The highest BCUT2D eigenvalue weighted by Crippen LogP contribution is 2.41. The zero-order valence-electron chi connectivity index (χ0n) is 7.90. The van der Waals surface area contributed by atoms with Gasteiger partial charge < -0.3 is 5.32 Å². The third kappa shape index (κ3) is 1.34. The van der Waals surface area contributed by atoms with Crippen molar-refractivity contribution < 1.29 is 0 Å². The molecule has 0 fully saturated rings. The molecule has 0 bridgehead atoms. The first kappa shape index (κ1) is 8.63. The van der Waals surface area contributed by atoms with E-state index in [1.54, 1.807) is 11.8 Å². The fourth-order valence-electron chi connectivity index (χ4n) is 1.82. The fraction of sp³-hybridized carbons (Fsp3) is 0.0833. The minimum absolute atomic E-state index is 0.217. The minimum atomic E-state index is 0.217. The second-order valence-corrected chi connectivity index (χ2v) is 4.64. The smallest absolute Gasteiger partial charge is 0.106 e. The quantitative estimate of drug-likeness (QED) is 0.718. The van der Waals surface area contributed by atoms with Gasteiger partial charge >= 0.3 is 0 Å². The average Bonchev–Trinajstić information content (AvgIpc) is 2.67. The summed E-state index contributed by atoms with van der Waals surface area (Å²) in [5.74, 6) is 0. The molecule has 1 atom stereocenters. The lowest BCUT2D eigenvalue weighted by atomic mass is 10.0. The zero-order valence-corrected chi connectivity index (χ0v) is 8.71. The lowest BCUT2D eigenvalue weighted by molar-refractivity contribution is 1.19. The van der Waals surface area contributed by atoms with Crippen LogP contribution in [-0.4, -0.2) is 5.37 Å².